The van der Waals surface area contributed by atoms with Gasteiger partial charge in [0.15, 0.2) is 0 Å². The molecule has 8 heteroatoms. The Hall–Kier alpha value is -2.87. The van der Waals surface area contributed by atoms with Crippen LogP contribution in [0.4, 0.5) is 0 Å². The maximum Gasteiger partial charge on any atom is 0.243 e. The molecule has 7 N–H and O–H groups in total. The molecule has 2 rings (SSSR count). The van der Waals surface area contributed by atoms with Gasteiger partial charge in [-0.3, -0.25) is 14.4 Å². The van der Waals surface area contributed by atoms with E-state index in [2.05, 4.69) is 22.5 Å². The highest BCUT2D eigenvalue weighted by Crippen LogP contribution is 2.20. The fourth-order valence-electron chi connectivity index (χ4n) is 5.35. The van der Waals surface area contributed by atoms with Gasteiger partial charge < -0.3 is 27.1 Å². The van der Waals surface area contributed by atoms with Crippen LogP contribution in [-0.2, 0) is 20.8 Å². The van der Waals surface area contributed by atoms with Gasteiger partial charge in [0.05, 0.1) is 0 Å². The lowest BCUT2D eigenvalue weighted by atomic mass is 10.0. The van der Waals surface area contributed by atoms with Crippen molar-refractivity contribution in [1.29, 1.82) is 0 Å². The van der Waals surface area contributed by atoms with Crippen molar-refractivity contribution in [2.24, 2.45) is 11.5 Å². The SMILES string of the molecule is CCCCCCCCCCCCCCCC(=O)N[C@H](Cc1c[nH]c2ccccc12)C(=O)N[C@@H](CCCCN)C(N)=O. The van der Waals surface area contributed by atoms with Crippen molar-refractivity contribution in [2.75, 3.05) is 6.54 Å². The number of para-hydroxylation sites is 1. The molecule has 0 aliphatic rings. The third kappa shape index (κ3) is 14.0. The molecule has 0 bridgehead atoms. The molecule has 1 aromatic carbocycles. The number of carbonyl (C=O) groups is 3. The van der Waals surface area contributed by atoms with Gasteiger partial charge in [-0.15, -0.1) is 0 Å². The second kappa shape index (κ2) is 20.9. The van der Waals surface area contributed by atoms with Crippen LogP contribution in [0.1, 0.15) is 122 Å². The largest absolute Gasteiger partial charge is 0.368 e. The fraction of sp³-hybridized carbons (Fsp3) is 0.667. The number of nitrogens with two attached hydrogens (primary N) is 2. The molecule has 0 aliphatic carbocycles. The monoisotopic (exact) mass is 569 g/mol. The molecule has 0 saturated heterocycles. The van der Waals surface area contributed by atoms with Crippen molar-refractivity contribution in [3.63, 3.8) is 0 Å². The maximum absolute atomic E-state index is 13.3. The van der Waals surface area contributed by atoms with E-state index in [1.807, 2.05) is 30.5 Å². The Morgan fingerprint density at radius 1 is 0.780 bits per heavy atom. The van der Waals surface area contributed by atoms with Crippen molar-refractivity contribution >= 4 is 28.6 Å². The molecule has 2 atom stereocenters. The van der Waals surface area contributed by atoms with E-state index in [0.717, 1.165) is 42.1 Å². The van der Waals surface area contributed by atoms with Gasteiger partial charge in [0.25, 0.3) is 0 Å². The molecular weight excluding hydrogens is 514 g/mol. The van der Waals surface area contributed by atoms with E-state index >= 15 is 0 Å². The number of carbonyl (C=O) groups excluding carboxylic acids is 3. The number of primary amides is 1. The van der Waals surface area contributed by atoms with Crippen LogP contribution in [0.2, 0.25) is 0 Å². The molecule has 0 unspecified atom stereocenters. The number of hydrogen-bond donors (Lipinski definition) is 5. The molecule has 0 aliphatic heterocycles. The second-order valence-corrected chi connectivity index (χ2v) is 11.4. The molecule has 0 saturated carbocycles. The van der Waals surface area contributed by atoms with Gasteiger partial charge in [0.1, 0.15) is 12.1 Å². The number of rotatable bonds is 24. The Morgan fingerprint density at radius 2 is 1.39 bits per heavy atom. The topological polar surface area (TPSA) is 143 Å². The number of H-pyrrole nitrogens is 1. The number of aromatic nitrogens is 1. The van der Waals surface area contributed by atoms with E-state index in [1.54, 1.807) is 0 Å². The van der Waals surface area contributed by atoms with Gasteiger partial charge in [0, 0.05) is 29.9 Å². The molecule has 8 nitrogen and oxygen atoms in total. The van der Waals surface area contributed by atoms with Crippen molar-refractivity contribution in [1.82, 2.24) is 15.6 Å². The highest BCUT2D eigenvalue weighted by molar-refractivity contribution is 5.92. The summed E-state index contributed by atoms with van der Waals surface area (Å²) in [7, 11) is 0. The van der Waals surface area contributed by atoms with Crippen molar-refractivity contribution in [3.8, 4) is 0 Å². The van der Waals surface area contributed by atoms with E-state index in [4.69, 9.17) is 11.5 Å². The smallest absolute Gasteiger partial charge is 0.243 e. The summed E-state index contributed by atoms with van der Waals surface area (Å²) < 4.78 is 0. The average Bonchev–Trinajstić information content (AvgIpc) is 3.37. The standard InChI is InChI=1S/C33H55N5O3/c1-2-3-4-5-6-7-8-9-10-11-12-13-14-22-31(39)37-30(24-26-25-36-28-20-16-15-19-27(26)28)33(41)38-29(32(35)40)21-17-18-23-34/h15-16,19-20,25,29-30,36H,2-14,17-18,21-24,34H2,1H3,(H2,35,40)(H,37,39)(H,38,41)/t29-,30+/m0/s1. The summed E-state index contributed by atoms with van der Waals surface area (Å²) >= 11 is 0. The third-order valence-electron chi connectivity index (χ3n) is 7.86. The van der Waals surface area contributed by atoms with Crippen molar-refractivity contribution in [3.05, 3.63) is 36.0 Å². The first kappa shape index (κ1) is 34.3. The summed E-state index contributed by atoms with van der Waals surface area (Å²) in [5.41, 5.74) is 13.0. The summed E-state index contributed by atoms with van der Waals surface area (Å²) in [6, 6.07) is 6.26. The van der Waals surface area contributed by atoms with E-state index < -0.39 is 23.9 Å². The minimum Gasteiger partial charge on any atom is -0.368 e. The normalized spacial score (nSPS) is 12.7. The Morgan fingerprint density at radius 3 is 2.00 bits per heavy atom. The first-order valence-electron chi connectivity index (χ1n) is 16.1. The van der Waals surface area contributed by atoms with Crippen LogP contribution in [0.25, 0.3) is 10.9 Å². The number of fused-ring (bicyclic) bond motifs is 1. The highest BCUT2D eigenvalue weighted by atomic mass is 16.2. The van der Waals surface area contributed by atoms with Gasteiger partial charge in [-0.05, 0) is 43.9 Å². The molecule has 2 aromatic rings. The predicted octanol–water partition coefficient (Wildman–Crippen LogP) is 5.78. The Labute approximate surface area is 247 Å². The van der Waals surface area contributed by atoms with Gasteiger partial charge >= 0.3 is 0 Å². The number of nitrogens with one attached hydrogen (secondary N) is 3. The van der Waals surface area contributed by atoms with Crippen molar-refractivity contribution in [2.45, 2.75) is 135 Å². The molecule has 1 heterocycles. The molecule has 0 radical (unpaired) electrons. The number of benzene rings is 1. The first-order chi connectivity index (χ1) is 20.0. The van der Waals surface area contributed by atoms with Gasteiger partial charge in [-0.1, -0.05) is 102 Å². The Bertz CT molecular complexity index is 1020. The van der Waals surface area contributed by atoms with E-state index in [-0.39, 0.29) is 5.91 Å². The zero-order valence-electron chi connectivity index (χ0n) is 25.4. The lowest BCUT2D eigenvalue weighted by molar-refractivity contribution is -0.131. The Kier molecular flexibility index (Phi) is 17.5. The molecule has 0 spiro atoms. The zero-order valence-corrected chi connectivity index (χ0v) is 25.4. The molecule has 41 heavy (non-hydrogen) atoms. The van der Waals surface area contributed by atoms with Crippen LogP contribution in [0.3, 0.4) is 0 Å². The summed E-state index contributed by atoms with van der Waals surface area (Å²) in [4.78, 5) is 41.4. The fourth-order valence-corrected chi connectivity index (χ4v) is 5.35. The van der Waals surface area contributed by atoms with E-state index in [1.165, 1.54) is 64.2 Å². The van der Waals surface area contributed by atoms with E-state index in [0.29, 0.717) is 32.2 Å². The van der Waals surface area contributed by atoms with Crippen LogP contribution in [-0.4, -0.2) is 41.3 Å². The molecular formula is C33H55N5O3. The molecule has 3 amide bonds. The molecule has 0 fully saturated rings. The van der Waals surface area contributed by atoms with Crippen LogP contribution in [0, 0.1) is 0 Å². The van der Waals surface area contributed by atoms with Gasteiger partial charge in [-0.2, -0.15) is 0 Å². The van der Waals surface area contributed by atoms with Gasteiger partial charge in [-0.25, -0.2) is 0 Å². The highest BCUT2D eigenvalue weighted by Gasteiger charge is 2.26. The minimum absolute atomic E-state index is 0.146. The van der Waals surface area contributed by atoms with Crippen LogP contribution in [0.5, 0.6) is 0 Å². The zero-order chi connectivity index (χ0) is 29.7. The van der Waals surface area contributed by atoms with Crippen LogP contribution < -0.4 is 22.1 Å². The molecule has 1 aromatic heterocycles. The summed E-state index contributed by atoms with van der Waals surface area (Å²) in [6.07, 6.45) is 20.6. The number of unbranched alkanes of at least 4 members (excludes halogenated alkanes) is 13. The Balaban J connectivity index is 1.80. The lowest BCUT2D eigenvalue weighted by Crippen LogP contribution is -2.53. The predicted molar refractivity (Wildman–Crippen MR) is 168 cm³/mol. The van der Waals surface area contributed by atoms with E-state index in [9.17, 15) is 14.4 Å². The summed E-state index contributed by atoms with van der Waals surface area (Å²) in [5.74, 6) is -1.13. The lowest BCUT2D eigenvalue weighted by Gasteiger charge is -2.22. The summed E-state index contributed by atoms with van der Waals surface area (Å²) in [6.45, 7) is 2.77. The minimum atomic E-state index is -0.806. The van der Waals surface area contributed by atoms with Crippen LogP contribution in [0.15, 0.2) is 30.5 Å². The number of aromatic amines is 1. The maximum atomic E-state index is 13.3. The quantitative estimate of drug-likeness (QED) is 0.102. The van der Waals surface area contributed by atoms with Gasteiger partial charge in [0.2, 0.25) is 17.7 Å². The van der Waals surface area contributed by atoms with Crippen molar-refractivity contribution < 1.29 is 14.4 Å². The van der Waals surface area contributed by atoms with Crippen LogP contribution >= 0.6 is 0 Å². The third-order valence-corrected chi connectivity index (χ3v) is 7.86. The molecule has 230 valence electrons. The summed E-state index contributed by atoms with van der Waals surface area (Å²) in [5, 5.41) is 6.72. The average molecular weight is 570 g/mol. The second-order valence-electron chi connectivity index (χ2n) is 11.4. The number of hydrogen-bond acceptors (Lipinski definition) is 4. The number of amides is 3. The first-order valence-corrected chi connectivity index (χ1v) is 16.1.